The maximum absolute atomic E-state index is 13.0. The molecule has 2 amide bonds. The second kappa shape index (κ2) is 8.71. The molecule has 1 saturated heterocycles. The predicted octanol–water partition coefficient (Wildman–Crippen LogP) is 3.69. The molecule has 1 aliphatic rings. The molecule has 2 aromatic carbocycles. The van der Waals surface area contributed by atoms with Crippen molar-refractivity contribution >= 4 is 34.5 Å². The Hall–Kier alpha value is -3.65. The molecule has 0 spiro atoms. The highest BCUT2D eigenvalue weighted by molar-refractivity contribution is 7.98. The van der Waals surface area contributed by atoms with Crippen LogP contribution in [-0.2, 0) is 4.79 Å². The van der Waals surface area contributed by atoms with Crippen molar-refractivity contribution < 1.29 is 9.59 Å². The molecule has 0 atom stereocenters. The number of thioether (sulfide) groups is 1. The zero-order chi connectivity index (χ0) is 22.9. The van der Waals surface area contributed by atoms with Crippen LogP contribution in [0.25, 0.3) is 28.0 Å². The smallest absolute Gasteiger partial charge is 0.254 e. The van der Waals surface area contributed by atoms with E-state index in [1.165, 1.54) is 5.56 Å². The minimum absolute atomic E-state index is 0.0808. The van der Waals surface area contributed by atoms with Crippen molar-refractivity contribution in [3.05, 3.63) is 72.2 Å². The Bertz CT molecular complexity index is 1360. The van der Waals surface area contributed by atoms with Crippen LogP contribution in [0.4, 0.5) is 0 Å². The topological polar surface area (TPSA) is 80.1 Å². The Morgan fingerprint density at radius 1 is 1.09 bits per heavy atom. The van der Waals surface area contributed by atoms with E-state index in [9.17, 15) is 9.59 Å². The van der Waals surface area contributed by atoms with Crippen molar-refractivity contribution in [2.24, 2.45) is 0 Å². The van der Waals surface area contributed by atoms with E-state index in [2.05, 4.69) is 34.3 Å². The van der Waals surface area contributed by atoms with Gasteiger partial charge in [-0.2, -0.15) is 0 Å². The average Bonchev–Trinajstić information content (AvgIpc) is 3.22. The molecule has 5 rings (SSSR count). The summed E-state index contributed by atoms with van der Waals surface area (Å²) in [7, 11) is 0. The average molecular weight is 458 g/mol. The van der Waals surface area contributed by atoms with E-state index in [0.717, 1.165) is 26.9 Å². The number of hydrogen-bond acceptors (Lipinski definition) is 5. The second-order valence-corrected chi connectivity index (χ2v) is 8.87. The first-order chi connectivity index (χ1) is 16.0. The van der Waals surface area contributed by atoms with Gasteiger partial charge in [0.15, 0.2) is 0 Å². The Kier molecular flexibility index (Phi) is 5.60. The number of carbonyl (C=O) groups is 2. The molecule has 0 radical (unpaired) electrons. The third-order valence-electron chi connectivity index (χ3n) is 5.77. The Morgan fingerprint density at radius 2 is 1.91 bits per heavy atom. The van der Waals surface area contributed by atoms with Gasteiger partial charge in [-0.05, 0) is 30.9 Å². The molecular weight excluding hydrogens is 434 g/mol. The Labute approximate surface area is 195 Å². The number of fused-ring (bicyclic) bond motifs is 1. The van der Waals surface area contributed by atoms with Crippen LogP contribution < -0.4 is 5.32 Å². The number of aromatic nitrogens is 3. The number of nitrogens with one attached hydrogen (secondary N) is 1. The molecule has 1 N–H and O–H groups in total. The molecule has 0 bridgehead atoms. The van der Waals surface area contributed by atoms with Crippen molar-refractivity contribution in [2.45, 2.75) is 11.8 Å². The lowest BCUT2D eigenvalue weighted by atomic mass is 10.1. The molecule has 166 valence electrons. The van der Waals surface area contributed by atoms with Gasteiger partial charge >= 0.3 is 0 Å². The fraction of sp³-hybridized carbons (Fsp3) is 0.200. The number of hydrogen-bond donors (Lipinski definition) is 1. The number of carbonyl (C=O) groups excluding carboxylic acids is 2. The zero-order valence-electron chi connectivity index (χ0n) is 18.4. The molecule has 1 aliphatic heterocycles. The lowest BCUT2D eigenvalue weighted by molar-refractivity contribution is -0.123. The van der Waals surface area contributed by atoms with Gasteiger partial charge in [-0.1, -0.05) is 35.9 Å². The van der Waals surface area contributed by atoms with Crippen molar-refractivity contribution in [3.8, 4) is 17.1 Å². The van der Waals surface area contributed by atoms with E-state index in [0.29, 0.717) is 24.6 Å². The highest BCUT2D eigenvalue weighted by atomic mass is 32.2. The first-order valence-corrected chi connectivity index (χ1v) is 11.9. The lowest BCUT2D eigenvalue weighted by Gasteiger charge is -2.26. The maximum Gasteiger partial charge on any atom is 0.254 e. The van der Waals surface area contributed by atoms with Crippen LogP contribution in [0.1, 0.15) is 15.9 Å². The zero-order valence-corrected chi connectivity index (χ0v) is 19.2. The van der Waals surface area contributed by atoms with Crippen LogP contribution in [0, 0.1) is 6.92 Å². The first kappa shape index (κ1) is 21.2. The number of piperazine rings is 1. The van der Waals surface area contributed by atoms with E-state index < -0.39 is 0 Å². The van der Waals surface area contributed by atoms with E-state index >= 15 is 0 Å². The summed E-state index contributed by atoms with van der Waals surface area (Å²) in [5, 5.41) is 3.78. The molecule has 33 heavy (non-hydrogen) atoms. The SMILES string of the molecule is CSc1cn(-c2ncc(-c3cccc(C)c3)cn2)c2cc(C(=O)N3CCNC(=O)C3)ccc12. The Balaban J connectivity index is 1.53. The van der Waals surface area contributed by atoms with Crippen molar-refractivity contribution in [1.29, 1.82) is 0 Å². The van der Waals surface area contributed by atoms with Gasteiger partial charge in [-0.3, -0.25) is 14.2 Å². The summed E-state index contributed by atoms with van der Waals surface area (Å²) in [5.74, 6) is 0.255. The molecule has 0 unspecified atom stereocenters. The molecule has 2 aromatic heterocycles. The number of nitrogens with zero attached hydrogens (tertiary/aromatic N) is 4. The molecular formula is C25H23N5O2S. The molecule has 3 heterocycles. The van der Waals surface area contributed by atoms with Crippen LogP contribution in [0.15, 0.2) is 66.0 Å². The van der Waals surface area contributed by atoms with Gasteiger partial charge in [0.1, 0.15) is 0 Å². The number of benzene rings is 2. The minimum Gasteiger partial charge on any atom is -0.353 e. The van der Waals surface area contributed by atoms with Gasteiger partial charge in [0.05, 0.1) is 12.1 Å². The summed E-state index contributed by atoms with van der Waals surface area (Å²) >= 11 is 1.63. The minimum atomic E-state index is -0.152. The third kappa shape index (κ3) is 4.09. The highest BCUT2D eigenvalue weighted by Gasteiger charge is 2.23. The van der Waals surface area contributed by atoms with Gasteiger partial charge in [-0.25, -0.2) is 9.97 Å². The molecule has 0 saturated carbocycles. The predicted molar refractivity (Wildman–Crippen MR) is 130 cm³/mol. The first-order valence-electron chi connectivity index (χ1n) is 10.7. The largest absolute Gasteiger partial charge is 0.353 e. The van der Waals surface area contributed by atoms with Crippen molar-refractivity contribution in [2.75, 3.05) is 25.9 Å². The standard InChI is InChI=1S/C25H23N5O2S/c1-16-4-3-5-17(10-16)19-12-27-25(28-13-19)30-14-22(33-2)20-7-6-18(11-21(20)30)24(32)29-9-8-26-23(31)15-29/h3-7,10-14H,8-9,15H2,1-2H3,(H,26,31). The van der Waals surface area contributed by atoms with Crippen LogP contribution in [0.5, 0.6) is 0 Å². The van der Waals surface area contributed by atoms with Crippen LogP contribution in [0.3, 0.4) is 0 Å². The van der Waals surface area contributed by atoms with Crippen molar-refractivity contribution in [1.82, 2.24) is 24.8 Å². The second-order valence-electron chi connectivity index (χ2n) is 8.02. The van der Waals surface area contributed by atoms with E-state index in [1.54, 1.807) is 16.7 Å². The fourth-order valence-corrected chi connectivity index (χ4v) is 4.67. The normalized spacial score (nSPS) is 13.9. The van der Waals surface area contributed by atoms with Gasteiger partial charge in [0, 0.05) is 53.1 Å². The van der Waals surface area contributed by atoms with Crippen molar-refractivity contribution in [3.63, 3.8) is 0 Å². The number of aryl methyl sites for hydroxylation is 1. The summed E-state index contributed by atoms with van der Waals surface area (Å²) < 4.78 is 1.92. The number of rotatable bonds is 4. The summed E-state index contributed by atoms with van der Waals surface area (Å²) in [5.41, 5.74) is 4.60. The third-order valence-corrected chi connectivity index (χ3v) is 6.53. The summed E-state index contributed by atoms with van der Waals surface area (Å²) in [6.07, 6.45) is 7.66. The monoisotopic (exact) mass is 457 g/mol. The Morgan fingerprint density at radius 3 is 2.64 bits per heavy atom. The molecule has 7 nitrogen and oxygen atoms in total. The molecule has 1 fully saturated rings. The van der Waals surface area contributed by atoms with E-state index in [1.807, 2.05) is 59.7 Å². The van der Waals surface area contributed by atoms with Crippen LogP contribution in [-0.4, -0.2) is 57.1 Å². The summed E-state index contributed by atoms with van der Waals surface area (Å²) in [6.45, 7) is 3.12. The number of amides is 2. The molecule has 4 aromatic rings. The van der Waals surface area contributed by atoms with Gasteiger partial charge < -0.3 is 10.2 Å². The van der Waals surface area contributed by atoms with Gasteiger partial charge in [0.25, 0.3) is 5.91 Å². The van der Waals surface area contributed by atoms with Crippen LogP contribution >= 0.6 is 11.8 Å². The van der Waals surface area contributed by atoms with Gasteiger partial charge in [0.2, 0.25) is 11.9 Å². The highest BCUT2D eigenvalue weighted by Crippen LogP contribution is 2.31. The van der Waals surface area contributed by atoms with Gasteiger partial charge in [-0.15, -0.1) is 11.8 Å². The van der Waals surface area contributed by atoms with E-state index in [4.69, 9.17) is 0 Å². The molecule has 0 aliphatic carbocycles. The van der Waals surface area contributed by atoms with E-state index in [-0.39, 0.29) is 18.4 Å². The lowest BCUT2D eigenvalue weighted by Crippen LogP contribution is -2.49. The molecule has 8 heteroatoms. The van der Waals surface area contributed by atoms with Crippen LogP contribution in [0.2, 0.25) is 0 Å². The summed E-state index contributed by atoms with van der Waals surface area (Å²) in [4.78, 5) is 36.7. The maximum atomic E-state index is 13.0. The fourth-order valence-electron chi connectivity index (χ4n) is 4.07. The quantitative estimate of drug-likeness (QED) is 0.473. The summed E-state index contributed by atoms with van der Waals surface area (Å²) in [6, 6.07) is 13.9.